The van der Waals surface area contributed by atoms with E-state index in [0.29, 0.717) is 30.9 Å². The van der Waals surface area contributed by atoms with Crippen molar-refractivity contribution >= 4 is 17.4 Å². The molecular formula is C25H27NO4. The van der Waals surface area contributed by atoms with Crippen LogP contribution in [0.15, 0.2) is 66.8 Å². The highest BCUT2D eigenvalue weighted by molar-refractivity contribution is 6.46. The number of rotatable bonds is 8. The lowest BCUT2D eigenvalue weighted by Gasteiger charge is -2.25. The highest BCUT2D eigenvalue weighted by atomic mass is 16.5. The molecule has 2 aromatic carbocycles. The fourth-order valence-electron chi connectivity index (χ4n) is 3.68. The minimum Gasteiger partial charge on any atom is -0.507 e. The lowest BCUT2D eigenvalue weighted by atomic mass is 9.94. The van der Waals surface area contributed by atoms with Gasteiger partial charge in [0.2, 0.25) is 0 Å². The monoisotopic (exact) mass is 405 g/mol. The van der Waals surface area contributed by atoms with Crippen molar-refractivity contribution in [1.82, 2.24) is 4.90 Å². The van der Waals surface area contributed by atoms with Gasteiger partial charge in [0.15, 0.2) is 0 Å². The van der Waals surface area contributed by atoms with Crippen LogP contribution in [0.1, 0.15) is 43.0 Å². The summed E-state index contributed by atoms with van der Waals surface area (Å²) in [6.45, 7) is 8.41. The summed E-state index contributed by atoms with van der Waals surface area (Å²) in [6, 6.07) is 14.0. The fraction of sp³-hybridized carbons (Fsp3) is 0.280. The van der Waals surface area contributed by atoms with Gasteiger partial charge in [0.1, 0.15) is 18.1 Å². The number of hydrogen-bond donors (Lipinski definition) is 1. The molecule has 1 saturated heterocycles. The molecule has 30 heavy (non-hydrogen) atoms. The van der Waals surface area contributed by atoms with Crippen molar-refractivity contribution in [3.63, 3.8) is 0 Å². The number of ketones is 1. The van der Waals surface area contributed by atoms with Gasteiger partial charge < -0.3 is 14.7 Å². The number of Topliss-reactive ketones (excluding diaryl/α,β-unsaturated/α-hetero) is 1. The number of aliphatic hydroxyl groups excluding tert-OH is 1. The fourth-order valence-corrected chi connectivity index (χ4v) is 3.68. The van der Waals surface area contributed by atoms with Crippen molar-refractivity contribution in [1.29, 1.82) is 0 Å². The zero-order valence-corrected chi connectivity index (χ0v) is 17.4. The van der Waals surface area contributed by atoms with Crippen LogP contribution < -0.4 is 4.74 Å². The molecule has 1 heterocycles. The van der Waals surface area contributed by atoms with E-state index in [-0.39, 0.29) is 11.3 Å². The summed E-state index contributed by atoms with van der Waals surface area (Å²) >= 11 is 0. The number of nitrogens with zero attached hydrogens (tertiary/aromatic N) is 1. The highest BCUT2D eigenvalue weighted by Crippen LogP contribution is 2.40. The third kappa shape index (κ3) is 4.15. The number of benzene rings is 2. The molecule has 1 fully saturated rings. The van der Waals surface area contributed by atoms with Crippen LogP contribution in [0.3, 0.4) is 0 Å². The standard InChI is InChI=1S/C25H27NO4/c1-4-14-26-22(19-8-7-9-20(16-19)30-15-5-2)21(24(28)25(26)29)23(27)18-12-10-17(6-3)11-13-18/h5,7-13,16,22,27H,2,4,6,14-15H2,1,3H3/b23-21-. The predicted molar refractivity (Wildman–Crippen MR) is 117 cm³/mol. The molecule has 1 unspecified atom stereocenters. The van der Waals surface area contributed by atoms with Gasteiger partial charge in [0.25, 0.3) is 11.7 Å². The first kappa shape index (κ1) is 21.4. The molecule has 2 aromatic rings. The van der Waals surface area contributed by atoms with Crippen LogP contribution in [0.25, 0.3) is 5.76 Å². The van der Waals surface area contributed by atoms with E-state index >= 15 is 0 Å². The Hall–Kier alpha value is -3.34. The maximum Gasteiger partial charge on any atom is 0.295 e. The van der Waals surface area contributed by atoms with Crippen molar-refractivity contribution in [2.45, 2.75) is 32.7 Å². The Balaban J connectivity index is 2.12. The number of aryl methyl sites for hydroxylation is 1. The minimum absolute atomic E-state index is 0.110. The maximum atomic E-state index is 12.9. The van der Waals surface area contributed by atoms with Crippen molar-refractivity contribution in [2.24, 2.45) is 0 Å². The number of ether oxygens (including phenoxy) is 1. The van der Waals surface area contributed by atoms with Crippen molar-refractivity contribution < 1.29 is 19.4 Å². The minimum atomic E-state index is -0.664. The molecule has 156 valence electrons. The first-order valence-corrected chi connectivity index (χ1v) is 10.2. The van der Waals surface area contributed by atoms with Gasteiger partial charge in [-0.15, -0.1) is 0 Å². The Morgan fingerprint density at radius 1 is 1.17 bits per heavy atom. The molecular weight excluding hydrogens is 378 g/mol. The number of carbonyl (C=O) groups is 2. The molecule has 5 nitrogen and oxygen atoms in total. The van der Waals surface area contributed by atoms with E-state index in [9.17, 15) is 14.7 Å². The van der Waals surface area contributed by atoms with Crippen LogP contribution in [0.5, 0.6) is 5.75 Å². The molecule has 5 heteroatoms. The second kappa shape index (κ2) is 9.44. The normalized spacial score (nSPS) is 17.9. The van der Waals surface area contributed by atoms with E-state index in [4.69, 9.17) is 4.74 Å². The van der Waals surface area contributed by atoms with Gasteiger partial charge in [-0.25, -0.2) is 0 Å². The van der Waals surface area contributed by atoms with Crippen LogP contribution >= 0.6 is 0 Å². The number of carbonyl (C=O) groups excluding carboxylic acids is 2. The summed E-state index contributed by atoms with van der Waals surface area (Å²) in [5.74, 6) is -0.798. The third-order valence-corrected chi connectivity index (χ3v) is 5.18. The Morgan fingerprint density at radius 3 is 2.53 bits per heavy atom. The first-order valence-electron chi connectivity index (χ1n) is 10.2. The van der Waals surface area contributed by atoms with Gasteiger partial charge >= 0.3 is 0 Å². The predicted octanol–water partition coefficient (Wildman–Crippen LogP) is 4.65. The van der Waals surface area contributed by atoms with E-state index in [2.05, 4.69) is 6.58 Å². The van der Waals surface area contributed by atoms with E-state index in [0.717, 1.165) is 17.5 Å². The summed E-state index contributed by atoms with van der Waals surface area (Å²) in [5.41, 5.74) is 2.47. The number of amides is 1. The highest BCUT2D eigenvalue weighted by Gasteiger charge is 2.45. The summed E-state index contributed by atoms with van der Waals surface area (Å²) in [6.07, 6.45) is 3.22. The molecule has 3 rings (SSSR count). The van der Waals surface area contributed by atoms with Crippen LogP contribution in [0, 0.1) is 0 Å². The molecule has 1 atom stereocenters. The van der Waals surface area contributed by atoms with Gasteiger partial charge in [0, 0.05) is 12.1 Å². The Bertz CT molecular complexity index is 975. The third-order valence-electron chi connectivity index (χ3n) is 5.18. The van der Waals surface area contributed by atoms with E-state index in [1.54, 1.807) is 24.3 Å². The van der Waals surface area contributed by atoms with Gasteiger partial charge in [0.05, 0.1) is 11.6 Å². The summed E-state index contributed by atoms with van der Waals surface area (Å²) in [4.78, 5) is 27.2. The van der Waals surface area contributed by atoms with E-state index in [1.165, 1.54) is 4.90 Å². The maximum absolute atomic E-state index is 12.9. The lowest BCUT2D eigenvalue weighted by molar-refractivity contribution is -0.139. The number of likely N-dealkylation sites (tertiary alicyclic amines) is 1. The summed E-state index contributed by atoms with van der Waals surface area (Å²) in [5, 5.41) is 11.0. The van der Waals surface area contributed by atoms with Gasteiger partial charge in [-0.3, -0.25) is 9.59 Å². The molecule has 0 aliphatic carbocycles. The average molecular weight is 405 g/mol. The molecule has 1 aliphatic rings. The van der Waals surface area contributed by atoms with Crippen molar-refractivity contribution in [2.75, 3.05) is 13.2 Å². The quantitative estimate of drug-likeness (QED) is 0.301. The zero-order chi connectivity index (χ0) is 21.7. The second-order valence-electron chi connectivity index (χ2n) is 7.22. The molecule has 0 bridgehead atoms. The largest absolute Gasteiger partial charge is 0.507 e. The van der Waals surface area contributed by atoms with Crippen LogP contribution in [0.2, 0.25) is 0 Å². The van der Waals surface area contributed by atoms with Crippen molar-refractivity contribution in [3.8, 4) is 5.75 Å². The smallest absolute Gasteiger partial charge is 0.295 e. The number of hydrogen-bond acceptors (Lipinski definition) is 4. The molecule has 1 N–H and O–H groups in total. The first-order chi connectivity index (χ1) is 14.5. The zero-order valence-electron chi connectivity index (χ0n) is 17.4. The molecule has 0 radical (unpaired) electrons. The summed E-state index contributed by atoms with van der Waals surface area (Å²) in [7, 11) is 0. The van der Waals surface area contributed by atoms with Crippen molar-refractivity contribution in [3.05, 3.63) is 83.4 Å². The Morgan fingerprint density at radius 2 is 1.90 bits per heavy atom. The molecule has 0 aromatic heterocycles. The van der Waals surface area contributed by atoms with Crippen LogP contribution in [-0.2, 0) is 16.0 Å². The van der Waals surface area contributed by atoms with Gasteiger partial charge in [-0.2, -0.15) is 0 Å². The molecule has 0 saturated carbocycles. The van der Waals surface area contributed by atoms with Gasteiger partial charge in [-0.1, -0.05) is 62.9 Å². The molecule has 1 aliphatic heterocycles. The number of aliphatic hydroxyl groups is 1. The van der Waals surface area contributed by atoms with E-state index < -0.39 is 17.7 Å². The molecule has 1 amide bonds. The summed E-state index contributed by atoms with van der Waals surface area (Å²) < 4.78 is 5.63. The van der Waals surface area contributed by atoms with Gasteiger partial charge in [-0.05, 0) is 36.1 Å². The second-order valence-corrected chi connectivity index (χ2v) is 7.22. The SMILES string of the molecule is C=CCOc1cccc(C2/C(=C(/O)c3ccc(CC)cc3)C(=O)C(=O)N2CCC)c1. The average Bonchev–Trinajstić information content (AvgIpc) is 3.02. The topological polar surface area (TPSA) is 66.8 Å². The molecule has 0 spiro atoms. The Kier molecular flexibility index (Phi) is 6.72. The Labute approximate surface area is 177 Å². The lowest BCUT2D eigenvalue weighted by Crippen LogP contribution is -2.30. The van der Waals surface area contributed by atoms with Crippen LogP contribution in [0.4, 0.5) is 0 Å². The van der Waals surface area contributed by atoms with E-state index in [1.807, 2.05) is 44.2 Å². The van der Waals surface area contributed by atoms with Crippen LogP contribution in [-0.4, -0.2) is 34.8 Å².